The number of carbonyl (C=O) groups excluding carboxylic acids is 2. The molecule has 0 fully saturated rings. The molecular weight excluding hydrogens is 362 g/mol. The number of benzene rings is 2. The lowest BCUT2D eigenvalue weighted by Gasteiger charge is -2.11. The number of anilines is 1. The fourth-order valence-electron chi connectivity index (χ4n) is 2.58. The first-order valence-electron chi connectivity index (χ1n) is 8.46. The van der Waals surface area contributed by atoms with Crippen LogP contribution in [-0.4, -0.2) is 16.7 Å². The minimum absolute atomic E-state index is 0.0281. The summed E-state index contributed by atoms with van der Waals surface area (Å²) in [5.41, 5.74) is 1.29. The maximum absolute atomic E-state index is 12.4. The van der Waals surface area contributed by atoms with Gasteiger partial charge < -0.3 is 15.1 Å². The topological polar surface area (TPSA) is 114 Å². The summed E-state index contributed by atoms with van der Waals surface area (Å²) in [6.45, 7) is 0.233. The van der Waals surface area contributed by atoms with Gasteiger partial charge in [-0.25, -0.2) is 0 Å². The van der Waals surface area contributed by atoms with E-state index in [-0.39, 0.29) is 30.5 Å². The van der Waals surface area contributed by atoms with E-state index in [0.29, 0.717) is 22.6 Å². The van der Waals surface area contributed by atoms with Gasteiger partial charge in [-0.2, -0.15) is 0 Å². The fourth-order valence-corrected chi connectivity index (χ4v) is 2.58. The number of furan rings is 1. The van der Waals surface area contributed by atoms with Crippen molar-refractivity contribution in [3.8, 4) is 0 Å². The minimum Gasteiger partial charge on any atom is -0.467 e. The molecule has 0 aliphatic rings. The number of non-ortho nitro benzene ring substituents is 1. The number of carbonyl (C=O) groups is 2. The first kappa shape index (κ1) is 18.8. The van der Waals surface area contributed by atoms with Crippen LogP contribution in [0.3, 0.4) is 0 Å². The highest BCUT2D eigenvalue weighted by atomic mass is 16.6. The molecule has 1 heterocycles. The molecule has 28 heavy (non-hydrogen) atoms. The molecule has 8 heteroatoms. The van der Waals surface area contributed by atoms with Crippen molar-refractivity contribution in [2.24, 2.45) is 0 Å². The SMILES string of the molecule is O=C(Cc1ccc([N+](=O)[O-])cc1)Nc1ccccc1C(=O)NCc1ccco1. The molecule has 2 amide bonds. The zero-order valence-electron chi connectivity index (χ0n) is 14.8. The predicted octanol–water partition coefficient (Wildman–Crippen LogP) is 3.30. The highest BCUT2D eigenvalue weighted by Gasteiger charge is 2.14. The summed E-state index contributed by atoms with van der Waals surface area (Å²) in [5.74, 6) is -0.0594. The van der Waals surface area contributed by atoms with Crippen molar-refractivity contribution in [2.45, 2.75) is 13.0 Å². The summed E-state index contributed by atoms with van der Waals surface area (Å²) in [5, 5.41) is 16.1. The third-order valence-corrected chi connectivity index (χ3v) is 3.96. The van der Waals surface area contributed by atoms with E-state index in [4.69, 9.17) is 4.42 Å². The van der Waals surface area contributed by atoms with Crippen molar-refractivity contribution >= 4 is 23.2 Å². The number of rotatable bonds is 7. The van der Waals surface area contributed by atoms with E-state index in [1.165, 1.54) is 30.5 Å². The highest BCUT2D eigenvalue weighted by molar-refractivity contribution is 6.04. The summed E-state index contributed by atoms with van der Waals surface area (Å²) in [6, 6.07) is 15.9. The molecule has 142 valence electrons. The summed E-state index contributed by atoms with van der Waals surface area (Å²) in [4.78, 5) is 35.0. The number of nitrogens with zero attached hydrogens (tertiary/aromatic N) is 1. The third-order valence-electron chi connectivity index (χ3n) is 3.96. The highest BCUT2D eigenvalue weighted by Crippen LogP contribution is 2.17. The van der Waals surface area contributed by atoms with Crippen LogP contribution >= 0.6 is 0 Å². The molecular formula is C20H17N3O5. The second-order valence-electron chi connectivity index (χ2n) is 5.96. The summed E-state index contributed by atoms with van der Waals surface area (Å²) >= 11 is 0. The van der Waals surface area contributed by atoms with Gasteiger partial charge in [-0.1, -0.05) is 24.3 Å². The van der Waals surface area contributed by atoms with Crippen LogP contribution in [0.2, 0.25) is 0 Å². The Hall–Kier alpha value is -3.94. The smallest absolute Gasteiger partial charge is 0.269 e. The van der Waals surface area contributed by atoms with Crippen LogP contribution in [0.25, 0.3) is 0 Å². The Balaban J connectivity index is 1.64. The molecule has 2 N–H and O–H groups in total. The number of nitrogens with one attached hydrogen (secondary N) is 2. The zero-order valence-corrected chi connectivity index (χ0v) is 14.8. The molecule has 0 bridgehead atoms. The Morgan fingerprint density at radius 1 is 1.00 bits per heavy atom. The molecule has 2 aromatic carbocycles. The van der Waals surface area contributed by atoms with Gasteiger partial charge in [0.25, 0.3) is 11.6 Å². The lowest BCUT2D eigenvalue weighted by Crippen LogP contribution is -2.25. The Morgan fingerprint density at radius 2 is 1.75 bits per heavy atom. The zero-order chi connectivity index (χ0) is 19.9. The number of hydrogen-bond donors (Lipinski definition) is 2. The number of hydrogen-bond acceptors (Lipinski definition) is 5. The van der Waals surface area contributed by atoms with Crippen molar-refractivity contribution in [3.05, 3.63) is 93.9 Å². The van der Waals surface area contributed by atoms with Gasteiger partial charge in [-0.3, -0.25) is 19.7 Å². The van der Waals surface area contributed by atoms with Crippen LogP contribution in [-0.2, 0) is 17.8 Å². The molecule has 0 unspecified atom stereocenters. The van der Waals surface area contributed by atoms with Crippen molar-refractivity contribution in [1.29, 1.82) is 0 Å². The van der Waals surface area contributed by atoms with E-state index in [0.717, 1.165) is 0 Å². The van der Waals surface area contributed by atoms with Crippen LogP contribution in [0.15, 0.2) is 71.3 Å². The van der Waals surface area contributed by atoms with Crippen LogP contribution in [0.5, 0.6) is 0 Å². The normalized spacial score (nSPS) is 10.3. The summed E-state index contributed by atoms with van der Waals surface area (Å²) < 4.78 is 5.18. The minimum atomic E-state index is -0.499. The fraction of sp³-hybridized carbons (Fsp3) is 0.100. The van der Waals surface area contributed by atoms with E-state index in [1.54, 1.807) is 36.4 Å². The van der Waals surface area contributed by atoms with Gasteiger partial charge in [0.15, 0.2) is 0 Å². The summed E-state index contributed by atoms with van der Waals surface area (Å²) in [7, 11) is 0. The standard InChI is InChI=1S/C20H17N3O5/c24-19(12-14-7-9-15(10-8-14)23(26)27)22-18-6-2-1-5-17(18)20(25)21-13-16-4-3-11-28-16/h1-11H,12-13H2,(H,21,25)(H,22,24). The van der Waals surface area contributed by atoms with Crippen LogP contribution < -0.4 is 10.6 Å². The van der Waals surface area contributed by atoms with E-state index >= 15 is 0 Å². The van der Waals surface area contributed by atoms with Gasteiger partial charge >= 0.3 is 0 Å². The van der Waals surface area contributed by atoms with Crippen LogP contribution in [0, 0.1) is 10.1 Å². The second-order valence-corrected chi connectivity index (χ2v) is 5.96. The number of para-hydroxylation sites is 1. The molecule has 0 aliphatic heterocycles. The number of amides is 2. The van der Waals surface area contributed by atoms with Gasteiger partial charge in [0.05, 0.1) is 35.4 Å². The number of nitro benzene ring substituents is 1. The molecule has 0 spiro atoms. The van der Waals surface area contributed by atoms with Gasteiger partial charge in [0.1, 0.15) is 5.76 Å². The first-order chi connectivity index (χ1) is 13.5. The van der Waals surface area contributed by atoms with E-state index < -0.39 is 4.92 Å². The third kappa shape index (κ3) is 4.82. The molecule has 0 saturated carbocycles. The largest absolute Gasteiger partial charge is 0.467 e. The Kier molecular flexibility index (Phi) is 5.81. The lowest BCUT2D eigenvalue weighted by molar-refractivity contribution is -0.384. The van der Waals surface area contributed by atoms with Gasteiger partial charge in [-0.15, -0.1) is 0 Å². The average Bonchev–Trinajstić information content (AvgIpc) is 3.20. The maximum atomic E-state index is 12.4. The van der Waals surface area contributed by atoms with Crippen LogP contribution in [0.1, 0.15) is 21.7 Å². The first-order valence-corrected chi connectivity index (χ1v) is 8.46. The second kappa shape index (κ2) is 8.63. The lowest BCUT2D eigenvalue weighted by atomic mass is 10.1. The molecule has 0 aliphatic carbocycles. The van der Waals surface area contributed by atoms with Crippen molar-refractivity contribution in [2.75, 3.05) is 5.32 Å². The van der Waals surface area contributed by atoms with Gasteiger partial charge in [0, 0.05) is 12.1 Å². The maximum Gasteiger partial charge on any atom is 0.269 e. The average molecular weight is 379 g/mol. The Bertz CT molecular complexity index is 981. The molecule has 0 radical (unpaired) electrons. The van der Waals surface area contributed by atoms with Crippen molar-refractivity contribution < 1.29 is 18.9 Å². The quantitative estimate of drug-likeness (QED) is 0.483. The van der Waals surface area contributed by atoms with E-state index in [9.17, 15) is 19.7 Å². The van der Waals surface area contributed by atoms with E-state index in [1.807, 2.05) is 0 Å². The predicted molar refractivity (Wildman–Crippen MR) is 102 cm³/mol. The Labute approximate surface area is 160 Å². The van der Waals surface area contributed by atoms with Crippen LogP contribution in [0.4, 0.5) is 11.4 Å². The monoisotopic (exact) mass is 379 g/mol. The molecule has 3 aromatic rings. The van der Waals surface area contributed by atoms with E-state index in [2.05, 4.69) is 10.6 Å². The molecule has 0 saturated heterocycles. The molecule has 8 nitrogen and oxygen atoms in total. The van der Waals surface area contributed by atoms with Crippen molar-refractivity contribution in [3.63, 3.8) is 0 Å². The molecule has 3 rings (SSSR count). The Morgan fingerprint density at radius 3 is 2.43 bits per heavy atom. The molecule has 0 atom stereocenters. The summed E-state index contributed by atoms with van der Waals surface area (Å²) in [6.07, 6.45) is 1.55. The van der Waals surface area contributed by atoms with Gasteiger partial charge in [0.2, 0.25) is 5.91 Å². The van der Waals surface area contributed by atoms with Crippen molar-refractivity contribution in [1.82, 2.24) is 5.32 Å². The molecule has 1 aromatic heterocycles. The van der Waals surface area contributed by atoms with Gasteiger partial charge in [-0.05, 0) is 29.8 Å². The number of nitro groups is 1.